The van der Waals surface area contributed by atoms with Gasteiger partial charge in [0.05, 0.1) is 23.3 Å². The maximum absolute atomic E-state index is 14.2. The monoisotopic (exact) mass is 512 g/mol. The molecule has 2 N–H and O–H groups in total. The number of sulfone groups is 1. The number of rotatable bonds is 10. The largest absolute Gasteiger partial charge is 0.466 e. The number of esters is 1. The summed E-state index contributed by atoms with van der Waals surface area (Å²) in [7, 11) is -4.26. The molecule has 1 aliphatic carbocycles. The van der Waals surface area contributed by atoms with Gasteiger partial charge in [-0.05, 0) is 68.3 Å². The third kappa shape index (κ3) is 4.42. The van der Waals surface area contributed by atoms with Gasteiger partial charge in [-0.3, -0.25) is 19.8 Å². The van der Waals surface area contributed by atoms with E-state index in [-0.39, 0.29) is 17.9 Å². The molecule has 9 nitrogen and oxygen atoms in total. The van der Waals surface area contributed by atoms with E-state index in [1.807, 2.05) is 18.2 Å². The second-order valence-corrected chi connectivity index (χ2v) is 10.9. The summed E-state index contributed by atoms with van der Waals surface area (Å²) in [4.78, 5) is 27.9. The van der Waals surface area contributed by atoms with Crippen molar-refractivity contribution in [3.63, 3.8) is 0 Å². The maximum Gasteiger partial charge on any atom is 0.306 e. The van der Waals surface area contributed by atoms with Crippen LogP contribution in [0.3, 0.4) is 0 Å². The molecular weight excluding hydrogens is 484 g/mol. The summed E-state index contributed by atoms with van der Waals surface area (Å²) >= 11 is 0. The summed E-state index contributed by atoms with van der Waals surface area (Å²) in [6.45, 7) is 1.75. The van der Waals surface area contributed by atoms with Gasteiger partial charge in [0, 0.05) is 12.1 Å². The molecule has 1 heterocycles. The molecule has 1 saturated carbocycles. The molecule has 190 valence electrons. The Labute approximate surface area is 209 Å². The van der Waals surface area contributed by atoms with Crippen molar-refractivity contribution in [3.05, 3.63) is 66.7 Å². The van der Waals surface area contributed by atoms with Gasteiger partial charge in [0.15, 0.2) is 4.87 Å². The minimum Gasteiger partial charge on any atom is -0.466 e. The first kappa shape index (κ1) is 25.6. The van der Waals surface area contributed by atoms with Gasteiger partial charge in [-0.15, -0.1) is 0 Å². The summed E-state index contributed by atoms with van der Waals surface area (Å²) in [5.74, 6) is -1.44. The van der Waals surface area contributed by atoms with Gasteiger partial charge in [0.1, 0.15) is 11.5 Å². The zero-order chi connectivity index (χ0) is 25.8. The van der Waals surface area contributed by atoms with Crippen LogP contribution in [-0.4, -0.2) is 43.2 Å². The van der Waals surface area contributed by atoms with Crippen molar-refractivity contribution in [1.82, 2.24) is 5.48 Å². The van der Waals surface area contributed by atoms with E-state index in [0.717, 1.165) is 0 Å². The second kappa shape index (κ2) is 10.2. The lowest BCUT2D eigenvalue weighted by molar-refractivity contribution is -0.156. The molecule has 2 unspecified atom stereocenters. The Morgan fingerprint density at radius 1 is 1.08 bits per heavy atom. The molecule has 2 aliphatic rings. The van der Waals surface area contributed by atoms with Gasteiger partial charge in [-0.2, -0.15) is 0 Å². The molecule has 2 aromatic carbocycles. The van der Waals surface area contributed by atoms with E-state index >= 15 is 0 Å². The molecule has 0 spiro atoms. The number of para-hydroxylation sites is 1. The third-order valence-electron chi connectivity index (χ3n) is 6.88. The number of hydroxylamine groups is 1. The topological polar surface area (TPSA) is 131 Å². The Bertz CT molecular complexity index is 1260. The molecule has 1 fully saturated rings. The van der Waals surface area contributed by atoms with Crippen LogP contribution >= 0.6 is 0 Å². The highest BCUT2D eigenvalue weighted by Crippen LogP contribution is 2.56. The third-order valence-corrected chi connectivity index (χ3v) is 9.16. The summed E-state index contributed by atoms with van der Waals surface area (Å²) in [6, 6.07) is 15.0. The number of hydrogen-bond acceptors (Lipinski definition) is 8. The number of benzene rings is 2. The first-order valence-electron chi connectivity index (χ1n) is 11.7. The second-order valence-electron chi connectivity index (χ2n) is 8.79. The van der Waals surface area contributed by atoms with Gasteiger partial charge in [-0.1, -0.05) is 24.6 Å². The fourth-order valence-corrected chi connectivity index (χ4v) is 6.98. The van der Waals surface area contributed by atoms with E-state index in [0.29, 0.717) is 30.8 Å². The van der Waals surface area contributed by atoms with Crippen molar-refractivity contribution in [3.8, 4) is 11.5 Å². The molecule has 10 heteroatoms. The van der Waals surface area contributed by atoms with Gasteiger partial charge >= 0.3 is 5.97 Å². The predicted molar refractivity (Wildman–Crippen MR) is 131 cm³/mol. The quantitative estimate of drug-likeness (QED) is 0.281. The fourth-order valence-electron chi connectivity index (χ4n) is 4.96. The van der Waals surface area contributed by atoms with Crippen LogP contribution in [0.1, 0.15) is 32.6 Å². The van der Waals surface area contributed by atoms with E-state index in [4.69, 9.17) is 9.47 Å². The lowest BCUT2D eigenvalue weighted by Gasteiger charge is -2.50. The van der Waals surface area contributed by atoms with E-state index in [9.17, 15) is 23.2 Å². The Kier molecular flexibility index (Phi) is 7.28. The van der Waals surface area contributed by atoms with Crippen molar-refractivity contribution in [2.45, 2.75) is 42.4 Å². The standard InChI is InChI=1S/C26H28N2O7S/c1-2-34-23(29)18-22(25(14-6-15-25)24(30)28-31)26(16-7-17-27-26)36(32,33)21-12-10-20(11-13-21)35-19-8-4-3-5-9-19/h3-5,7-13,16-17,22,31H,2,6,14-15,18H2,1H3,(H,28,30). The number of amides is 1. The average molecular weight is 513 g/mol. The molecule has 0 saturated heterocycles. The zero-order valence-electron chi connectivity index (χ0n) is 19.8. The van der Waals surface area contributed by atoms with E-state index in [2.05, 4.69) is 4.99 Å². The van der Waals surface area contributed by atoms with Crippen molar-refractivity contribution in [2.75, 3.05) is 6.61 Å². The molecule has 1 amide bonds. The predicted octanol–water partition coefficient (Wildman–Crippen LogP) is 3.83. The van der Waals surface area contributed by atoms with Crippen molar-refractivity contribution >= 4 is 27.9 Å². The van der Waals surface area contributed by atoms with Crippen molar-refractivity contribution in [1.29, 1.82) is 0 Å². The summed E-state index contributed by atoms with van der Waals surface area (Å²) in [5.41, 5.74) is 0.369. The summed E-state index contributed by atoms with van der Waals surface area (Å²) in [5, 5.41) is 9.48. The Morgan fingerprint density at radius 2 is 1.75 bits per heavy atom. The highest BCUT2D eigenvalue weighted by Gasteiger charge is 2.63. The number of nitrogens with one attached hydrogen (secondary N) is 1. The van der Waals surface area contributed by atoms with Crippen molar-refractivity contribution < 1.29 is 32.7 Å². The first-order chi connectivity index (χ1) is 17.3. The maximum atomic E-state index is 14.2. The molecular formula is C26H28N2O7S. The average Bonchev–Trinajstić information content (AvgIpc) is 3.35. The smallest absolute Gasteiger partial charge is 0.306 e. The fraction of sp³-hybridized carbons (Fsp3) is 0.346. The van der Waals surface area contributed by atoms with Crippen molar-refractivity contribution in [2.24, 2.45) is 16.3 Å². The molecule has 4 rings (SSSR count). The highest BCUT2D eigenvalue weighted by molar-refractivity contribution is 7.93. The number of ether oxygens (including phenoxy) is 2. The SMILES string of the molecule is CCOC(=O)CC(C1(C(=O)NO)CCC1)C1(S(=O)(=O)c2ccc(Oc3ccccc3)cc2)C=CC=N1. The Balaban J connectivity index is 1.75. The van der Waals surface area contributed by atoms with E-state index in [1.54, 1.807) is 24.5 Å². The number of allylic oxidation sites excluding steroid dienone is 1. The molecule has 36 heavy (non-hydrogen) atoms. The lowest BCUT2D eigenvalue weighted by Crippen LogP contribution is -2.59. The molecule has 0 aromatic heterocycles. The minimum atomic E-state index is -4.26. The van der Waals surface area contributed by atoms with Gasteiger partial charge in [-0.25, -0.2) is 13.9 Å². The van der Waals surface area contributed by atoms with Crippen LogP contribution in [0.4, 0.5) is 0 Å². The van der Waals surface area contributed by atoms with Crippen LogP contribution < -0.4 is 10.2 Å². The number of aliphatic imine (C=N–C) groups is 1. The Hall–Kier alpha value is -3.50. The first-order valence-corrected chi connectivity index (χ1v) is 13.2. The molecule has 2 atom stereocenters. The minimum absolute atomic E-state index is 0.0423. The summed E-state index contributed by atoms with van der Waals surface area (Å²) < 4.78 is 39.2. The molecule has 2 aromatic rings. The lowest BCUT2D eigenvalue weighted by atomic mass is 9.57. The van der Waals surface area contributed by atoms with Crippen LogP contribution in [-0.2, 0) is 24.2 Å². The van der Waals surface area contributed by atoms with Gasteiger partial charge in [0.2, 0.25) is 15.7 Å². The number of carbonyl (C=O) groups excluding carboxylic acids is 2. The van der Waals surface area contributed by atoms with Gasteiger partial charge in [0.25, 0.3) is 0 Å². The van der Waals surface area contributed by atoms with Crippen LogP contribution in [0.2, 0.25) is 0 Å². The van der Waals surface area contributed by atoms with E-state index < -0.39 is 37.9 Å². The van der Waals surface area contributed by atoms with Crippen LogP contribution in [0.25, 0.3) is 0 Å². The molecule has 0 bridgehead atoms. The number of nitrogens with zero attached hydrogens (tertiary/aromatic N) is 1. The van der Waals surface area contributed by atoms with Crippen LogP contribution in [0.15, 0.2) is 76.6 Å². The highest BCUT2D eigenvalue weighted by atomic mass is 32.2. The number of carbonyl (C=O) groups is 2. The molecule has 1 aliphatic heterocycles. The van der Waals surface area contributed by atoms with Crippen LogP contribution in [0.5, 0.6) is 11.5 Å². The van der Waals surface area contributed by atoms with E-state index in [1.165, 1.54) is 42.6 Å². The van der Waals surface area contributed by atoms with Crippen LogP contribution in [0, 0.1) is 11.3 Å². The summed E-state index contributed by atoms with van der Waals surface area (Å²) in [6.07, 6.45) is 5.13. The Morgan fingerprint density at radius 3 is 2.28 bits per heavy atom. The number of hydrogen-bond donors (Lipinski definition) is 2. The van der Waals surface area contributed by atoms with Gasteiger partial charge < -0.3 is 9.47 Å². The zero-order valence-corrected chi connectivity index (χ0v) is 20.6. The normalized spacial score (nSPS) is 20.8. The molecule has 0 radical (unpaired) electrons.